The van der Waals surface area contributed by atoms with Gasteiger partial charge >= 0.3 is 0 Å². The Bertz CT molecular complexity index is 1270. The zero-order valence-electron chi connectivity index (χ0n) is 18.6. The predicted molar refractivity (Wildman–Crippen MR) is 125 cm³/mol. The standard InChI is InChI=1S/C27H28N2O3/c1-3-14-29-24(21-16-28(2)22-11-7-6-10-20(21)22)23(26(31)27(29)32)25(30)19-13-12-17-8-4-5-9-18(17)15-19/h6-7,10-13,15-16,24,30H,3-5,8-9,14H2,1-2H3/b25-23+. The van der Waals surface area contributed by atoms with Crippen molar-refractivity contribution < 1.29 is 14.7 Å². The molecular formula is C27H28N2O3. The highest BCUT2D eigenvalue weighted by molar-refractivity contribution is 6.46. The second-order valence-corrected chi connectivity index (χ2v) is 8.90. The number of rotatable bonds is 4. The van der Waals surface area contributed by atoms with Gasteiger partial charge in [-0.3, -0.25) is 9.59 Å². The Hall–Kier alpha value is -3.34. The van der Waals surface area contributed by atoms with Gasteiger partial charge < -0.3 is 14.6 Å². The van der Waals surface area contributed by atoms with Crippen LogP contribution < -0.4 is 0 Å². The fourth-order valence-corrected chi connectivity index (χ4v) is 5.30. The number of aryl methyl sites for hydroxylation is 3. The summed E-state index contributed by atoms with van der Waals surface area (Å²) in [5, 5.41) is 12.4. The van der Waals surface area contributed by atoms with Gasteiger partial charge in [0.1, 0.15) is 5.76 Å². The van der Waals surface area contributed by atoms with Crippen LogP contribution in [0.1, 0.15) is 54.5 Å². The average Bonchev–Trinajstić information content (AvgIpc) is 3.27. The number of hydrogen-bond donors (Lipinski definition) is 1. The molecule has 1 amide bonds. The van der Waals surface area contributed by atoms with E-state index < -0.39 is 17.7 Å². The number of nitrogens with zero attached hydrogens (tertiary/aromatic N) is 2. The van der Waals surface area contributed by atoms with Crippen molar-refractivity contribution in [3.63, 3.8) is 0 Å². The molecule has 32 heavy (non-hydrogen) atoms. The van der Waals surface area contributed by atoms with Crippen LogP contribution in [0.2, 0.25) is 0 Å². The number of fused-ring (bicyclic) bond motifs is 2. The van der Waals surface area contributed by atoms with Crippen LogP contribution in [0.3, 0.4) is 0 Å². The Morgan fingerprint density at radius 1 is 1.06 bits per heavy atom. The summed E-state index contributed by atoms with van der Waals surface area (Å²) in [7, 11) is 1.96. The summed E-state index contributed by atoms with van der Waals surface area (Å²) in [4.78, 5) is 27.8. The van der Waals surface area contributed by atoms with Crippen molar-refractivity contribution in [2.24, 2.45) is 7.05 Å². The summed E-state index contributed by atoms with van der Waals surface area (Å²) >= 11 is 0. The van der Waals surface area contributed by atoms with Crippen molar-refractivity contribution >= 4 is 28.4 Å². The van der Waals surface area contributed by atoms with Gasteiger partial charge in [-0.15, -0.1) is 0 Å². The molecule has 0 bridgehead atoms. The van der Waals surface area contributed by atoms with E-state index in [1.165, 1.54) is 17.5 Å². The van der Waals surface area contributed by atoms with E-state index in [1.54, 1.807) is 4.90 Å². The SMILES string of the molecule is CCCN1C(=O)C(=O)/C(=C(/O)c2ccc3c(c2)CCCC3)C1c1cn(C)c2ccccc12. The van der Waals surface area contributed by atoms with Gasteiger partial charge in [0, 0.05) is 41.8 Å². The Labute approximate surface area is 188 Å². The molecule has 0 spiro atoms. The van der Waals surface area contributed by atoms with Gasteiger partial charge in [0.15, 0.2) is 0 Å². The molecule has 5 nitrogen and oxygen atoms in total. The molecule has 2 aliphatic rings. The number of aliphatic hydroxyl groups excluding tert-OH is 1. The van der Waals surface area contributed by atoms with E-state index >= 15 is 0 Å². The Balaban J connectivity index is 1.71. The number of para-hydroxylation sites is 1. The molecule has 0 saturated carbocycles. The zero-order valence-corrected chi connectivity index (χ0v) is 18.6. The van der Waals surface area contributed by atoms with Crippen LogP contribution in [-0.2, 0) is 29.5 Å². The van der Waals surface area contributed by atoms with Crippen LogP contribution in [0.25, 0.3) is 16.7 Å². The molecule has 2 aromatic carbocycles. The summed E-state index contributed by atoms with van der Waals surface area (Å²) < 4.78 is 2.01. The van der Waals surface area contributed by atoms with Gasteiger partial charge in [-0.2, -0.15) is 0 Å². The Morgan fingerprint density at radius 2 is 1.81 bits per heavy atom. The van der Waals surface area contributed by atoms with Gasteiger partial charge in [0.2, 0.25) is 0 Å². The molecular weight excluding hydrogens is 400 g/mol. The lowest BCUT2D eigenvalue weighted by Crippen LogP contribution is -2.30. The number of carbonyl (C=O) groups excluding carboxylic acids is 2. The highest BCUT2D eigenvalue weighted by atomic mass is 16.3. The van der Waals surface area contributed by atoms with Crippen molar-refractivity contribution in [1.29, 1.82) is 0 Å². The monoisotopic (exact) mass is 428 g/mol. The summed E-state index contributed by atoms with van der Waals surface area (Å²) in [6.45, 7) is 2.45. The maximum absolute atomic E-state index is 13.2. The number of amides is 1. The smallest absolute Gasteiger partial charge is 0.295 e. The molecule has 1 aromatic heterocycles. The number of Topliss-reactive ketones (excluding diaryl/α,β-unsaturated/α-hetero) is 1. The highest BCUT2D eigenvalue weighted by Crippen LogP contribution is 2.42. The Morgan fingerprint density at radius 3 is 2.59 bits per heavy atom. The van der Waals surface area contributed by atoms with Crippen molar-refractivity contribution in [3.05, 3.63) is 76.5 Å². The first kappa shape index (κ1) is 20.6. The topological polar surface area (TPSA) is 62.5 Å². The number of ketones is 1. The third-order valence-corrected chi connectivity index (χ3v) is 6.85. The lowest BCUT2D eigenvalue weighted by Gasteiger charge is -2.24. The van der Waals surface area contributed by atoms with Gasteiger partial charge in [0.25, 0.3) is 11.7 Å². The molecule has 5 heteroatoms. The van der Waals surface area contributed by atoms with E-state index in [-0.39, 0.29) is 11.3 Å². The van der Waals surface area contributed by atoms with Crippen molar-refractivity contribution in [2.45, 2.75) is 45.1 Å². The van der Waals surface area contributed by atoms with Crippen LogP contribution in [0.5, 0.6) is 0 Å². The minimum atomic E-state index is -0.605. The zero-order chi connectivity index (χ0) is 22.4. The first-order valence-corrected chi connectivity index (χ1v) is 11.5. The quantitative estimate of drug-likeness (QED) is 0.366. The molecule has 1 aliphatic heterocycles. The molecule has 1 aliphatic carbocycles. The minimum Gasteiger partial charge on any atom is -0.507 e. The largest absolute Gasteiger partial charge is 0.507 e. The van der Waals surface area contributed by atoms with Gasteiger partial charge in [-0.05, 0) is 55.4 Å². The van der Waals surface area contributed by atoms with Gasteiger partial charge in [0.05, 0.1) is 11.6 Å². The summed E-state index contributed by atoms with van der Waals surface area (Å²) in [6.07, 6.45) is 7.05. The van der Waals surface area contributed by atoms with Crippen LogP contribution in [0.15, 0.2) is 54.2 Å². The predicted octanol–water partition coefficient (Wildman–Crippen LogP) is 4.89. The van der Waals surface area contributed by atoms with Crippen molar-refractivity contribution in [1.82, 2.24) is 9.47 Å². The maximum atomic E-state index is 13.2. The van der Waals surface area contributed by atoms with Crippen molar-refractivity contribution in [2.75, 3.05) is 6.54 Å². The van der Waals surface area contributed by atoms with E-state index in [2.05, 4.69) is 6.07 Å². The molecule has 1 atom stereocenters. The second kappa shape index (κ2) is 7.97. The molecule has 1 N–H and O–H groups in total. The van der Waals surface area contributed by atoms with Crippen LogP contribution in [0, 0.1) is 0 Å². The first-order valence-electron chi connectivity index (χ1n) is 11.5. The third-order valence-electron chi connectivity index (χ3n) is 6.85. The first-order chi connectivity index (χ1) is 15.5. The fourth-order valence-electron chi connectivity index (χ4n) is 5.30. The molecule has 164 valence electrons. The number of likely N-dealkylation sites (tertiary alicyclic amines) is 1. The Kier molecular flexibility index (Phi) is 5.12. The van der Waals surface area contributed by atoms with Crippen LogP contribution >= 0.6 is 0 Å². The van der Waals surface area contributed by atoms with E-state index in [0.717, 1.165) is 42.1 Å². The average molecular weight is 429 g/mol. The van der Waals surface area contributed by atoms with Crippen LogP contribution in [0.4, 0.5) is 0 Å². The normalized spacial score (nSPS) is 20.2. The fraction of sp³-hybridized carbons (Fsp3) is 0.333. The molecule has 1 saturated heterocycles. The molecule has 3 aromatic rings. The highest BCUT2D eigenvalue weighted by Gasteiger charge is 2.46. The number of hydrogen-bond acceptors (Lipinski definition) is 3. The molecule has 2 heterocycles. The number of benzene rings is 2. The third kappa shape index (κ3) is 3.15. The molecule has 5 rings (SSSR count). The van der Waals surface area contributed by atoms with Crippen LogP contribution in [-0.4, -0.2) is 32.8 Å². The summed E-state index contributed by atoms with van der Waals surface area (Å²) in [5.41, 5.74) is 5.24. The number of carbonyl (C=O) groups is 2. The summed E-state index contributed by atoms with van der Waals surface area (Å²) in [5.74, 6) is -1.22. The van der Waals surface area contributed by atoms with Gasteiger partial charge in [-0.1, -0.05) is 37.3 Å². The number of aromatic nitrogens is 1. The van der Waals surface area contributed by atoms with E-state index in [0.29, 0.717) is 12.1 Å². The molecule has 1 fully saturated rings. The van der Waals surface area contributed by atoms with Gasteiger partial charge in [-0.25, -0.2) is 0 Å². The van der Waals surface area contributed by atoms with Crippen molar-refractivity contribution in [3.8, 4) is 0 Å². The van der Waals surface area contributed by atoms with E-state index in [9.17, 15) is 14.7 Å². The van der Waals surface area contributed by atoms with E-state index in [4.69, 9.17) is 0 Å². The van der Waals surface area contributed by atoms with E-state index in [1.807, 2.05) is 61.1 Å². The lowest BCUT2D eigenvalue weighted by molar-refractivity contribution is -0.139. The number of aliphatic hydroxyl groups is 1. The molecule has 1 unspecified atom stereocenters. The minimum absolute atomic E-state index is 0.0757. The maximum Gasteiger partial charge on any atom is 0.295 e. The second-order valence-electron chi connectivity index (χ2n) is 8.90. The lowest BCUT2D eigenvalue weighted by atomic mass is 9.88. The molecule has 0 radical (unpaired) electrons. The summed E-state index contributed by atoms with van der Waals surface area (Å²) in [6, 6.07) is 13.3.